The lowest BCUT2D eigenvalue weighted by Crippen LogP contribution is -2.26. The zero-order valence-electron chi connectivity index (χ0n) is 9.61. The lowest BCUT2D eigenvalue weighted by molar-refractivity contribution is 0.0912. The second-order valence-corrected chi connectivity index (χ2v) is 5.23. The van der Waals surface area contributed by atoms with Crippen LogP contribution >= 0.6 is 23.2 Å². The molecule has 0 aliphatic carbocycles. The Morgan fingerprint density at radius 1 is 1.27 bits per heavy atom. The SMILES string of the molecule is CCCC(CCl)(CCl)CCC1CCCO1. The third-order valence-electron chi connectivity index (χ3n) is 3.37. The molecule has 90 valence electrons. The van der Waals surface area contributed by atoms with Crippen molar-refractivity contribution in [3.05, 3.63) is 0 Å². The maximum absolute atomic E-state index is 6.06. The number of ether oxygens (including phenoxy) is 1. The number of halogens is 2. The van der Waals surface area contributed by atoms with Gasteiger partial charge in [0.15, 0.2) is 0 Å². The highest BCUT2D eigenvalue weighted by molar-refractivity contribution is 6.21. The molecule has 1 fully saturated rings. The molecule has 15 heavy (non-hydrogen) atoms. The molecule has 1 rings (SSSR count). The van der Waals surface area contributed by atoms with E-state index in [2.05, 4.69) is 6.92 Å². The average Bonchev–Trinajstić information content (AvgIpc) is 2.77. The van der Waals surface area contributed by atoms with E-state index in [9.17, 15) is 0 Å². The molecule has 3 heteroatoms. The molecule has 1 nitrogen and oxygen atoms in total. The van der Waals surface area contributed by atoms with Crippen LogP contribution in [-0.4, -0.2) is 24.5 Å². The summed E-state index contributed by atoms with van der Waals surface area (Å²) in [5.41, 5.74) is 0.143. The third-order valence-corrected chi connectivity index (χ3v) is 4.50. The Morgan fingerprint density at radius 3 is 2.47 bits per heavy atom. The van der Waals surface area contributed by atoms with Crippen LogP contribution in [-0.2, 0) is 4.74 Å². The van der Waals surface area contributed by atoms with E-state index in [4.69, 9.17) is 27.9 Å². The highest BCUT2D eigenvalue weighted by atomic mass is 35.5. The molecule has 0 amide bonds. The summed E-state index contributed by atoms with van der Waals surface area (Å²) < 4.78 is 5.63. The van der Waals surface area contributed by atoms with Gasteiger partial charge in [0.05, 0.1) is 6.10 Å². The van der Waals surface area contributed by atoms with Crippen molar-refractivity contribution in [2.45, 2.75) is 51.6 Å². The first-order valence-electron chi connectivity index (χ1n) is 6.00. The predicted octanol–water partition coefficient (Wildman–Crippen LogP) is 4.21. The summed E-state index contributed by atoms with van der Waals surface area (Å²) >= 11 is 12.1. The Bertz CT molecular complexity index is 163. The molecule has 0 bridgehead atoms. The fourth-order valence-corrected chi connectivity index (χ4v) is 3.12. The maximum atomic E-state index is 6.06. The van der Waals surface area contributed by atoms with Crippen molar-refractivity contribution in [2.75, 3.05) is 18.4 Å². The highest BCUT2D eigenvalue weighted by Gasteiger charge is 2.29. The Hall–Kier alpha value is 0.540. The van der Waals surface area contributed by atoms with Crippen molar-refractivity contribution >= 4 is 23.2 Å². The average molecular weight is 253 g/mol. The summed E-state index contributed by atoms with van der Waals surface area (Å²) in [5.74, 6) is 1.36. The van der Waals surface area contributed by atoms with Gasteiger partial charge in [-0.25, -0.2) is 0 Å². The lowest BCUT2D eigenvalue weighted by Gasteiger charge is -2.30. The van der Waals surface area contributed by atoms with Crippen LogP contribution in [0.15, 0.2) is 0 Å². The van der Waals surface area contributed by atoms with Crippen molar-refractivity contribution in [3.63, 3.8) is 0 Å². The lowest BCUT2D eigenvalue weighted by atomic mass is 9.82. The Morgan fingerprint density at radius 2 is 2.00 bits per heavy atom. The van der Waals surface area contributed by atoms with E-state index in [0.29, 0.717) is 17.9 Å². The van der Waals surface area contributed by atoms with Gasteiger partial charge in [0, 0.05) is 18.4 Å². The van der Waals surface area contributed by atoms with Gasteiger partial charge in [0.2, 0.25) is 0 Å². The molecule has 0 N–H and O–H groups in total. The topological polar surface area (TPSA) is 9.23 Å². The fourth-order valence-electron chi connectivity index (χ4n) is 2.30. The van der Waals surface area contributed by atoms with Crippen LogP contribution in [0.2, 0.25) is 0 Å². The van der Waals surface area contributed by atoms with Crippen LogP contribution in [0.3, 0.4) is 0 Å². The van der Waals surface area contributed by atoms with Crippen LogP contribution in [0.5, 0.6) is 0 Å². The van der Waals surface area contributed by atoms with E-state index in [1.807, 2.05) is 0 Å². The number of hydrogen-bond donors (Lipinski definition) is 0. The monoisotopic (exact) mass is 252 g/mol. The first kappa shape index (κ1) is 13.6. The molecular formula is C12H22Cl2O. The standard InChI is InChI=1S/C12H22Cl2O/c1-2-6-12(9-13,10-14)7-5-11-4-3-8-15-11/h11H,2-10H2,1H3. The number of rotatable bonds is 7. The Balaban J connectivity index is 2.35. The molecule has 1 saturated heterocycles. The zero-order valence-corrected chi connectivity index (χ0v) is 11.1. The van der Waals surface area contributed by atoms with E-state index in [0.717, 1.165) is 32.3 Å². The van der Waals surface area contributed by atoms with Crippen molar-refractivity contribution in [1.29, 1.82) is 0 Å². The molecule has 1 aliphatic rings. The molecule has 0 aromatic carbocycles. The third kappa shape index (κ3) is 4.13. The molecule has 0 aromatic heterocycles. The van der Waals surface area contributed by atoms with Crippen molar-refractivity contribution < 1.29 is 4.74 Å². The van der Waals surface area contributed by atoms with Gasteiger partial charge in [-0.2, -0.15) is 0 Å². The number of alkyl halides is 2. The highest BCUT2D eigenvalue weighted by Crippen LogP contribution is 2.34. The maximum Gasteiger partial charge on any atom is 0.0576 e. The molecule has 1 unspecified atom stereocenters. The van der Waals surface area contributed by atoms with Crippen LogP contribution in [0, 0.1) is 5.41 Å². The molecule has 0 spiro atoms. The van der Waals surface area contributed by atoms with Crippen molar-refractivity contribution in [2.24, 2.45) is 5.41 Å². The summed E-state index contributed by atoms with van der Waals surface area (Å²) in [6.07, 6.45) is 7.42. The van der Waals surface area contributed by atoms with Gasteiger partial charge in [-0.15, -0.1) is 23.2 Å². The van der Waals surface area contributed by atoms with Gasteiger partial charge in [-0.1, -0.05) is 13.3 Å². The Labute approximate surface area is 103 Å². The molecule has 0 saturated carbocycles. The van der Waals surface area contributed by atoms with Gasteiger partial charge < -0.3 is 4.74 Å². The van der Waals surface area contributed by atoms with E-state index < -0.39 is 0 Å². The summed E-state index contributed by atoms with van der Waals surface area (Å²) in [6, 6.07) is 0. The number of hydrogen-bond acceptors (Lipinski definition) is 1. The van der Waals surface area contributed by atoms with Crippen molar-refractivity contribution in [3.8, 4) is 0 Å². The normalized spacial score (nSPS) is 22.2. The largest absolute Gasteiger partial charge is 0.378 e. The first-order chi connectivity index (χ1) is 7.26. The molecule has 0 radical (unpaired) electrons. The van der Waals surface area contributed by atoms with Gasteiger partial charge >= 0.3 is 0 Å². The summed E-state index contributed by atoms with van der Waals surface area (Å²) in [5, 5.41) is 0. The minimum atomic E-state index is 0.143. The molecule has 1 atom stereocenters. The van der Waals surface area contributed by atoms with E-state index in [-0.39, 0.29) is 5.41 Å². The second kappa shape index (κ2) is 6.98. The van der Waals surface area contributed by atoms with Gasteiger partial charge in [0.1, 0.15) is 0 Å². The Kier molecular flexibility index (Phi) is 6.33. The minimum absolute atomic E-state index is 0.143. The van der Waals surface area contributed by atoms with Crippen molar-refractivity contribution in [1.82, 2.24) is 0 Å². The van der Waals surface area contributed by atoms with Crippen LogP contribution < -0.4 is 0 Å². The van der Waals surface area contributed by atoms with Gasteiger partial charge in [-0.05, 0) is 37.5 Å². The van der Waals surface area contributed by atoms with Crippen LogP contribution in [0.4, 0.5) is 0 Å². The second-order valence-electron chi connectivity index (χ2n) is 4.69. The van der Waals surface area contributed by atoms with E-state index in [1.54, 1.807) is 0 Å². The quantitative estimate of drug-likeness (QED) is 0.617. The van der Waals surface area contributed by atoms with E-state index in [1.165, 1.54) is 12.8 Å². The summed E-state index contributed by atoms with van der Waals surface area (Å²) in [7, 11) is 0. The minimum Gasteiger partial charge on any atom is -0.378 e. The van der Waals surface area contributed by atoms with E-state index >= 15 is 0 Å². The smallest absolute Gasteiger partial charge is 0.0576 e. The molecule has 1 heterocycles. The summed E-state index contributed by atoms with van der Waals surface area (Å²) in [4.78, 5) is 0. The zero-order chi connectivity index (χ0) is 11.1. The predicted molar refractivity (Wildman–Crippen MR) is 67.0 cm³/mol. The van der Waals surface area contributed by atoms with Crippen LogP contribution in [0.25, 0.3) is 0 Å². The molecule has 0 aromatic rings. The van der Waals surface area contributed by atoms with Gasteiger partial charge in [0.25, 0.3) is 0 Å². The summed E-state index contributed by atoms with van der Waals surface area (Å²) in [6.45, 7) is 3.13. The molecular weight excluding hydrogens is 231 g/mol. The molecule has 1 aliphatic heterocycles. The van der Waals surface area contributed by atoms with Crippen LogP contribution in [0.1, 0.15) is 45.4 Å². The fraction of sp³-hybridized carbons (Fsp3) is 1.00. The first-order valence-corrected chi connectivity index (χ1v) is 7.07. The van der Waals surface area contributed by atoms with Gasteiger partial charge in [-0.3, -0.25) is 0 Å².